The molecule has 19 heavy (non-hydrogen) atoms. The molecule has 0 bridgehead atoms. The van der Waals surface area contributed by atoms with E-state index in [0.717, 1.165) is 6.26 Å². The third-order valence-corrected chi connectivity index (χ3v) is 3.53. The third kappa shape index (κ3) is 6.13. The molecule has 106 valence electrons. The molecule has 0 fully saturated rings. The van der Waals surface area contributed by atoms with Gasteiger partial charge in [-0.1, -0.05) is 0 Å². The predicted octanol–water partition coefficient (Wildman–Crippen LogP) is 0.902. The van der Waals surface area contributed by atoms with Crippen molar-refractivity contribution in [2.75, 3.05) is 12.8 Å². The second kappa shape index (κ2) is 5.98. The molecule has 0 radical (unpaired) electrons. The highest BCUT2D eigenvalue weighted by molar-refractivity contribution is 9.10. The van der Waals surface area contributed by atoms with E-state index in [2.05, 4.69) is 31.0 Å². The van der Waals surface area contributed by atoms with Gasteiger partial charge >= 0.3 is 0 Å². The molecule has 0 atom stereocenters. The molecule has 0 aromatic carbocycles. The Kier molecular flexibility index (Phi) is 5.05. The lowest BCUT2D eigenvalue weighted by Gasteiger charge is -2.25. The van der Waals surface area contributed by atoms with E-state index in [9.17, 15) is 13.2 Å². The number of hydrogen-bond donors (Lipinski definition) is 2. The first-order valence-corrected chi connectivity index (χ1v) is 8.16. The Labute approximate surface area is 121 Å². The molecular weight excluding hydrogens is 334 g/mol. The van der Waals surface area contributed by atoms with Crippen LogP contribution in [-0.4, -0.2) is 37.6 Å². The summed E-state index contributed by atoms with van der Waals surface area (Å²) in [5, 5.41) is 2.66. The normalized spacial score (nSPS) is 12.2. The summed E-state index contributed by atoms with van der Waals surface area (Å²) in [5.74, 6) is -0.302. The zero-order valence-electron chi connectivity index (χ0n) is 10.9. The van der Waals surface area contributed by atoms with Gasteiger partial charge in [-0.05, 0) is 41.9 Å². The minimum Gasteiger partial charge on any atom is -0.350 e. The van der Waals surface area contributed by atoms with Crippen LogP contribution in [0, 0.1) is 0 Å². The molecule has 8 heteroatoms. The van der Waals surface area contributed by atoms with Gasteiger partial charge in [-0.25, -0.2) is 18.1 Å². The number of carbonyl (C=O) groups excluding carboxylic acids is 1. The zero-order chi connectivity index (χ0) is 14.7. The average molecular weight is 350 g/mol. The van der Waals surface area contributed by atoms with E-state index in [1.807, 2.05) is 0 Å². The van der Waals surface area contributed by atoms with E-state index in [4.69, 9.17) is 0 Å². The van der Waals surface area contributed by atoms with Gasteiger partial charge in [0, 0.05) is 18.3 Å². The fourth-order valence-electron chi connectivity index (χ4n) is 1.45. The lowest BCUT2D eigenvalue weighted by molar-refractivity contribution is 0.0944. The van der Waals surface area contributed by atoms with Crippen molar-refractivity contribution in [1.82, 2.24) is 15.0 Å². The van der Waals surface area contributed by atoms with Crippen LogP contribution >= 0.6 is 15.9 Å². The summed E-state index contributed by atoms with van der Waals surface area (Å²) in [7, 11) is -3.32. The van der Waals surface area contributed by atoms with Gasteiger partial charge < -0.3 is 5.32 Å². The van der Waals surface area contributed by atoms with Crippen molar-refractivity contribution in [3.8, 4) is 0 Å². The fraction of sp³-hybridized carbons (Fsp3) is 0.455. The van der Waals surface area contributed by atoms with Gasteiger partial charge in [0.2, 0.25) is 10.0 Å². The molecule has 2 N–H and O–H groups in total. The third-order valence-electron chi connectivity index (χ3n) is 2.14. The maximum absolute atomic E-state index is 11.8. The summed E-state index contributed by atoms with van der Waals surface area (Å²) in [6.07, 6.45) is 2.52. The monoisotopic (exact) mass is 349 g/mol. The number of pyridine rings is 1. The number of carbonyl (C=O) groups is 1. The zero-order valence-corrected chi connectivity index (χ0v) is 13.3. The smallest absolute Gasteiger partial charge is 0.252 e. The van der Waals surface area contributed by atoms with Gasteiger partial charge in [0.1, 0.15) is 4.60 Å². The van der Waals surface area contributed by atoms with Crippen molar-refractivity contribution < 1.29 is 13.2 Å². The maximum Gasteiger partial charge on any atom is 0.252 e. The minimum atomic E-state index is -3.32. The van der Waals surface area contributed by atoms with Crippen LogP contribution in [0.5, 0.6) is 0 Å². The van der Waals surface area contributed by atoms with Crippen LogP contribution in [0.25, 0.3) is 0 Å². The van der Waals surface area contributed by atoms with Crippen molar-refractivity contribution in [3.05, 3.63) is 28.5 Å². The first-order chi connectivity index (χ1) is 8.59. The lowest BCUT2D eigenvalue weighted by Crippen LogP contribution is -2.51. The molecule has 1 aromatic rings. The SMILES string of the molecule is CC(C)(CNC(=O)c1ccc(Br)nc1)NS(C)(=O)=O. The maximum atomic E-state index is 11.8. The first kappa shape index (κ1) is 16.1. The fourth-order valence-corrected chi connectivity index (χ4v) is 2.76. The van der Waals surface area contributed by atoms with Crippen LogP contribution in [0.1, 0.15) is 24.2 Å². The number of amides is 1. The average Bonchev–Trinajstić information content (AvgIpc) is 2.24. The highest BCUT2D eigenvalue weighted by Gasteiger charge is 2.23. The lowest BCUT2D eigenvalue weighted by atomic mass is 10.1. The topological polar surface area (TPSA) is 88.2 Å². The number of sulfonamides is 1. The second-order valence-corrected chi connectivity index (χ2v) is 7.37. The molecule has 0 aliphatic heterocycles. The Morgan fingerprint density at radius 1 is 1.42 bits per heavy atom. The Morgan fingerprint density at radius 2 is 2.05 bits per heavy atom. The van der Waals surface area contributed by atoms with E-state index in [-0.39, 0.29) is 12.5 Å². The van der Waals surface area contributed by atoms with E-state index in [1.54, 1.807) is 26.0 Å². The molecule has 0 saturated heterocycles. The summed E-state index contributed by atoms with van der Waals surface area (Å²) < 4.78 is 25.4. The van der Waals surface area contributed by atoms with E-state index >= 15 is 0 Å². The number of halogens is 1. The molecule has 0 saturated carbocycles. The molecule has 0 aliphatic rings. The van der Waals surface area contributed by atoms with Gasteiger partial charge in [0.05, 0.1) is 11.8 Å². The molecule has 0 unspecified atom stereocenters. The van der Waals surface area contributed by atoms with E-state index in [0.29, 0.717) is 10.2 Å². The van der Waals surface area contributed by atoms with Gasteiger partial charge in [-0.3, -0.25) is 4.79 Å². The Hall–Kier alpha value is -0.990. The Morgan fingerprint density at radius 3 is 2.53 bits per heavy atom. The minimum absolute atomic E-state index is 0.176. The molecule has 0 aliphatic carbocycles. The van der Waals surface area contributed by atoms with Crippen molar-refractivity contribution in [3.63, 3.8) is 0 Å². The second-order valence-electron chi connectivity index (χ2n) is 4.81. The van der Waals surface area contributed by atoms with Crippen LogP contribution in [0.2, 0.25) is 0 Å². The molecule has 0 spiro atoms. The van der Waals surface area contributed by atoms with Crippen LogP contribution < -0.4 is 10.0 Å². The van der Waals surface area contributed by atoms with Gasteiger partial charge in [-0.15, -0.1) is 0 Å². The number of nitrogens with one attached hydrogen (secondary N) is 2. The molecule has 1 aromatic heterocycles. The number of aromatic nitrogens is 1. The van der Waals surface area contributed by atoms with Crippen molar-refractivity contribution in [1.29, 1.82) is 0 Å². The summed E-state index contributed by atoms with van der Waals surface area (Å²) in [5.41, 5.74) is -0.343. The number of nitrogens with zero attached hydrogens (tertiary/aromatic N) is 1. The highest BCUT2D eigenvalue weighted by atomic mass is 79.9. The Bertz CT molecular complexity index is 555. The van der Waals surface area contributed by atoms with Gasteiger partial charge in [0.15, 0.2) is 0 Å². The van der Waals surface area contributed by atoms with Crippen LogP contribution in [0.3, 0.4) is 0 Å². The van der Waals surface area contributed by atoms with E-state index in [1.165, 1.54) is 6.20 Å². The van der Waals surface area contributed by atoms with Crippen LogP contribution in [0.15, 0.2) is 22.9 Å². The highest BCUT2D eigenvalue weighted by Crippen LogP contribution is 2.07. The van der Waals surface area contributed by atoms with Crippen molar-refractivity contribution >= 4 is 31.9 Å². The number of hydrogen-bond acceptors (Lipinski definition) is 4. The summed E-state index contributed by atoms with van der Waals surface area (Å²) in [6, 6.07) is 3.29. The quantitative estimate of drug-likeness (QED) is 0.773. The predicted molar refractivity (Wildman–Crippen MR) is 76.3 cm³/mol. The summed E-state index contributed by atoms with van der Waals surface area (Å²) in [4.78, 5) is 15.8. The van der Waals surface area contributed by atoms with Crippen LogP contribution in [-0.2, 0) is 10.0 Å². The number of rotatable bonds is 5. The molecule has 1 heterocycles. The van der Waals surface area contributed by atoms with E-state index < -0.39 is 15.6 Å². The van der Waals surface area contributed by atoms with Crippen molar-refractivity contribution in [2.45, 2.75) is 19.4 Å². The van der Waals surface area contributed by atoms with Crippen molar-refractivity contribution in [2.24, 2.45) is 0 Å². The molecular formula is C11H16BrN3O3S. The summed E-state index contributed by atoms with van der Waals surface area (Å²) >= 11 is 3.18. The standard InChI is InChI=1S/C11H16BrN3O3S/c1-11(2,15-19(3,17)18)7-14-10(16)8-4-5-9(12)13-6-8/h4-6,15H,7H2,1-3H3,(H,14,16). The van der Waals surface area contributed by atoms with Gasteiger partial charge in [-0.2, -0.15) is 0 Å². The summed E-state index contributed by atoms with van der Waals surface area (Å²) in [6.45, 7) is 3.55. The first-order valence-electron chi connectivity index (χ1n) is 5.48. The van der Waals surface area contributed by atoms with Gasteiger partial charge in [0.25, 0.3) is 5.91 Å². The molecule has 1 amide bonds. The molecule has 1 rings (SSSR count). The molecule has 6 nitrogen and oxygen atoms in total. The Balaban J connectivity index is 2.61. The van der Waals surface area contributed by atoms with Crippen LogP contribution in [0.4, 0.5) is 0 Å². The largest absolute Gasteiger partial charge is 0.350 e.